The highest BCUT2D eigenvalue weighted by atomic mass is 17.2. The lowest BCUT2D eigenvalue weighted by Crippen LogP contribution is -2.27. The minimum atomic E-state index is 0.356. The van der Waals surface area contributed by atoms with Crippen LogP contribution in [0.5, 0.6) is 0 Å². The van der Waals surface area contributed by atoms with E-state index in [1.54, 1.807) is 0 Å². The van der Waals surface area contributed by atoms with Crippen molar-refractivity contribution < 1.29 is 14.5 Å². The molecule has 3 aliphatic rings. The summed E-state index contributed by atoms with van der Waals surface area (Å²) in [6, 6.07) is 0. The van der Waals surface area contributed by atoms with Gasteiger partial charge in [0.25, 0.3) is 0 Å². The summed E-state index contributed by atoms with van der Waals surface area (Å²) in [7, 11) is 0. The van der Waals surface area contributed by atoms with Gasteiger partial charge in [-0.25, -0.2) is 9.78 Å². The van der Waals surface area contributed by atoms with Gasteiger partial charge in [0.2, 0.25) is 0 Å². The monoisotopic (exact) mass is 408 g/mol. The molecule has 0 unspecified atom stereocenters. The number of ether oxygens (including phenoxy) is 1. The second-order valence-electron chi connectivity index (χ2n) is 10.6. The minimum Gasteiger partial charge on any atom is -0.381 e. The second kappa shape index (κ2) is 13.3. The molecule has 0 N–H and O–H groups in total. The Balaban J connectivity index is 1.20. The first kappa shape index (κ1) is 23.5. The molecule has 170 valence electrons. The molecule has 0 aliphatic heterocycles. The van der Waals surface area contributed by atoms with Gasteiger partial charge in [-0.15, -0.1) is 0 Å². The molecular weight excluding hydrogens is 360 g/mol. The molecule has 0 heterocycles. The predicted molar refractivity (Wildman–Crippen MR) is 120 cm³/mol. The second-order valence-corrected chi connectivity index (χ2v) is 10.6. The van der Waals surface area contributed by atoms with Crippen LogP contribution < -0.4 is 0 Å². The smallest absolute Gasteiger partial charge is 0.0930 e. The van der Waals surface area contributed by atoms with Crippen LogP contribution in [0.1, 0.15) is 110 Å². The van der Waals surface area contributed by atoms with Crippen molar-refractivity contribution in [3.05, 3.63) is 0 Å². The summed E-state index contributed by atoms with van der Waals surface area (Å²) in [5.74, 6) is 4.57. The summed E-state index contributed by atoms with van der Waals surface area (Å²) in [5.41, 5.74) is 0. The molecule has 0 radical (unpaired) electrons. The van der Waals surface area contributed by atoms with Gasteiger partial charge >= 0.3 is 0 Å². The van der Waals surface area contributed by atoms with E-state index in [4.69, 9.17) is 14.5 Å². The fraction of sp³-hybridized carbons (Fsp3) is 1.00. The first-order valence-corrected chi connectivity index (χ1v) is 13.1. The lowest BCUT2D eigenvalue weighted by atomic mass is 9.69. The van der Waals surface area contributed by atoms with Crippen molar-refractivity contribution in [2.75, 3.05) is 19.8 Å². The van der Waals surface area contributed by atoms with Gasteiger partial charge in [0.1, 0.15) is 0 Å². The molecular formula is C26H48O3. The molecule has 0 amide bonds. The summed E-state index contributed by atoms with van der Waals surface area (Å²) in [5, 5.41) is 0. The molecule has 3 rings (SSSR count). The molecule has 0 aromatic heterocycles. The number of hydrogen-bond donors (Lipinski definition) is 0. The fourth-order valence-electron chi connectivity index (χ4n) is 5.96. The van der Waals surface area contributed by atoms with Crippen LogP contribution >= 0.6 is 0 Å². The molecule has 3 heteroatoms. The first-order valence-electron chi connectivity index (χ1n) is 13.1. The molecule has 0 bridgehead atoms. The van der Waals surface area contributed by atoms with Gasteiger partial charge in [0.05, 0.1) is 12.7 Å². The molecule has 3 nitrogen and oxygen atoms in total. The molecule has 3 fully saturated rings. The highest BCUT2D eigenvalue weighted by Crippen LogP contribution is 2.42. The Hall–Kier alpha value is -0.120. The number of hydrogen-bond acceptors (Lipinski definition) is 3. The minimum absolute atomic E-state index is 0.356. The molecule has 0 aromatic rings. The zero-order valence-electron chi connectivity index (χ0n) is 19.4. The van der Waals surface area contributed by atoms with Gasteiger partial charge in [0.15, 0.2) is 0 Å². The highest BCUT2D eigenvalue weighted by Gasteiger charge is 2.31. The predicted octanol–water partition coefficient (Wildman–Crippen LogP) is 7.33. The average molecular weight is 409 g/mol. The molecule has 3 saturated carbocycles. The summed E-state index contributed by atoms with van der Waals surface area (Å²) < 4.78 is 5.88. The van der Waals surface area contributed by atoms with E-state index >= 15 is 0 Å². The van der Waals surface area contributed by atoms with Gasteiger partial charge in [-0.05, 0) is 107 Å². The van der Waals surface area contributed by atoms with Crippen LogP contribution in [0.4, 0.5) is 0 Å². The first-order chi connectivity index (χ1) is 14.2. The molecule has 0 saturated heterocycles. The molecule has 0 atom stereocenters. The standard InChI is InChI=1S/C26H48O3/c1-3-4-18-27-20-23-9-13-25(14-10-23)24-11-7-22(8-12-24)17-19-28-29-26-15-5-21(2)6-16-26/h21-26H,3-20H2,1-2H3. The van der Waals surface area contributed by atoms with Gasteiger partial charge in [-0.3, -0.25) is 0 Å². The lowest BCUT2D eigenvalue weighted by Gasteiger charge is -2.37. The van der Waals surface area contributed by atoms with Crippen LogP contribution in [0, 0.1) is 29.6 Å². The van der Waals surface area contributed by atoms with Crippen LogP contribution in [0.2, 0.25) is 0 Å². The topological polar surface area (TPSA) is 27.7 Å². The average Bonchev–Trinajstić information content (AvgIpc) is 2.76. The van der Waals surface area contributed by atoms with Crippen LogP contribution in [0.25, 0.3) is 0 Å². The van der Waals surface area contributed by atoms with Gasteiger partial charge in [-0.1, -0.05) is 33.1 Å². The zero-order valence-corrected chi connectivity index (χ0v) is 19.4. The lowest BCUT2D eigenvalue weighted by molar-refractivity contribution is -0.330. The van der Waals surface area contributed by atoms with Crippen LogP contribution in [-0.2, 0) is 14.5 Å². The quantitative estimate of drug-likeness (QED) is 0.203. The van der Waals surface area contributed by atoms with Crippen molar-refractivity contribution in [2.45, 2.75) is 116 Å². The van der Waals surface area contributed by atoms with E-state index in [1.165, 1.54) is 96.3 Å². The molecule has 3 aliphatic carbocycles. The Morgan fingerprint density at radius 3 is 1.93 bits per heavy atom. The Morgan fingerprint density at radius 2 is 1.31 bits per heavy atom. The van der Waals surface area contributed by atoms with Gasteiger partial charge in [0, 0.05) is 13.2 Å². The molecule has 29 heavy (non-hydrogen) atoms. The third kappa shape index (κ3) is 8.50. The maximum atomic E-state index is 5.88. The van der Waals surface area contributed by atoms with E-state index in [9.17, 15) is 0 Å². The Labute approximate surface area is 180 Å². The number of unbranched alkanes of at least 4 members (excludes halogenated alkanes) is 1. The molecule has 0 spiro atoms. The van der Waals surface area contributed by atoms with E-state index in [2.05, 4.69) is 13.8 Å². The third-order valence-corrected chi connectivity index (χ3v) is 8.22. The van der Waals surface area contributed by atoms with E-state index in [1.807, 2.05) is 0 Å². The number of rotatable bonds is 11. The van der Waals surface area contributed by atoms with Crippen LogP contribution in [0.3, 0.4) is 0 Å². The van der Waals surface area contributed by atoms with E-state index in [0.717, 1.165) is 49.4 Å². The normalized spacial score (nSPS) is 36.2. The van der Waals surface area contributed by atoms with Crippen molar-refractivity contribution in [1.29, 1.82) is 0 Å². The van der Waals surface area contributed by atoms with Gasteiger partial charge < -0.3 is 4.74 Å². The van der Waals surface area contributed by atoms with Crippen molar-refractivity contribution in [3.63, 3.8) is 0 Å². The van der Waals surface area contributed by atoms with Crippen molar-refractivity contribution in [1.82, 2.24) is 0 Å². The maximum absolute atomic E-state index is 5.88. The molecule has 0 aromatic carbocycles. The SMILES string of the molecule is CCCCOCC1CCC(C2CCC(CCOOC3CCC(C)CC3)CC2)CC1. The van der Waals surface area contributed by atoms with Crippen molar-refractivity contribution in [2.24, 2.45) is 29.6 Å². The summed E-state index contributed by atoms with van der Waals surface area (Å²) in [6.07, 6.45) is 20.4. The van der Waals surface area contributed by atoms with Crippen molar-refractivity contribution >= 4 is 0 Å². The fourth-order valence-corrected chi connectivity index (χ4v) is 5.96. The van der Waals surface area contributed by atoms with Crippen molar-refractivity contribution in [3.8, 4) is 0 Å². The zero-order chi connectivity index (χ0) is 20.3. The summed E-state index contributed by atoms with van der Waals surface area (Å²) >= 11 is 0. The summed E-state index contributed by atoms with van der Waals surface area (Å²) in [4.78, 5) is 11.3. The largest absolute Gasteiger partial charge is 0.381 e. The maximum Gasteiger partial charge on any atom is 0.0930 e. The van der Waals surface area contributed by atoms with Gasteiger partial charge in [-0.2, -0.15) is 0 Å². The van der Waals surface area contributed by atoms with Crippen LogP contribution in [-0.4, -0.2) is 25.9 Å². The van der Waals surface area contributed by atoms with E-state index in [0.29, 0.717) is 6.10 Å². The highest BCUT2D eigenvalue weighted by molar-refractivity contribution is 4.82. The Bertz CT molecular complexity index is 402. The van der Waals surface area contributed by atoms with E-state index in [-0.39, 0.29) is 0 Å². The Morgan fingerprint density at radius 1 is 0.690 bits per heavy atom. The van der Waals surface area contributed by atoms with Crippen LogP contribution in [0.15, 0.2) is 0 Å². The third-order valence-electron chi connectivity index (χ3n) is 8.22. The Kier molecular flexibility index (Phi) is 10.8. The summed E-state index contributed by atoms with van der Waals surface area (Å²) in [6.45, 7) is 7.37. The van der Waals surface area contributed by atoms with E-state index < -0.39 is 0 Å².